The maximum Gasteiger partial charge on any atom is 0.309 e. The molecule has 0 aliphatic carbocycles. The molecule has 0 saturated heterocycles. The Hall–Kier alpha value is -1.92. The van der Waals surface area contributed by atoms with Crippen molar-refractivity contribution < 1.29 is 33.4 Å². The van der Waals surface area contributed by atoms with Crippen molar-refractivity contribution in [1.29, 1.82) is 0 Å². The van der Waals surface area contributed by atoms with Crippen LogP contribution < -0.4 is 0 Å². The molecule has 54 heavy (non-hydrogen) atoms. The second-order valence-corrected chi connectivity index (χ2v) is 16.2. The maximum atomic E-state index is 13.0. The quantitative estimate of drug-likeness (QED) is 0.0264. The fourth-order valence-electron chi connectivity index (χ4n) is 6.99. The molecule has 0 rings (SSSR count). The highest BCUT2D eigenvalue weighted by atomic mass is 16.6. The number of hydrogen-bond donors (Lipinski definition) is 0. The minimum Gasteiger partial charge on any atom is -0.462 e. The van der Waals surface area contributed by atoms with Gasteiger partial charge in [0.1, 0.15) is 19.5 Å². The molecule has 0 aromatic carbocycles. The number of rotatable bonds is 43. The molecule has 7 heteroatoms. The zero-order valence-corrected chi connectivity index (χ0v) is 36.0. The van der Waals surface area contributed by atoms with Gasteiger partial charge in [-0.15, -0.1) is 0 Å². The predicted molar refractivity (Wildman–Crippen MR) is 225 cm³/mol. The van der Waals surface area contributed by atoms with Gasteiger partial charge in [0.2, 0.25) is 0 Å². The van der Waals surface area contributed by atoms with Gasteiger partial charge in [0.05, 0.1) is 5.92 Å². The number of aldehydes is 1. The Morgan fingerprint density at radius 2 is 0.759 bits per heavy atom. The Labute approximate surface area is 334 Å². The van der Waals surface area contributed by atoms with E-state index in [2.05, 4.69) is 13.8 Å². The second-order valence-electron chi connectivity index (χ2n) is 16.2. The lowest BCUT2D eigenvalue weighted by atomic mass is 10.0. The first-order valence-electron chi connectivity index (χ1n) is 23.4. The summed E-state index contributed by atoms with van der Waals surface area (Å²) in [6, 6.07) is 0. The molecule has 1 unspecified atom stereocenters. The van der Waals surface area contributed by atoms with Gasteiger partial charge in [0, 0.05) is 19.3 Å². The summed E-state index contributed by atoms with van der Waals surface area (Å²) in [5, 5.41) is 0. The third-order valence-corrected chi connectivity index (χ3v) is 10.7. The first-order chi connectivity index (χ1) is 26.4. The molecule has 0 aliphatic rings. The molecule has 7 nitrogen and oxygen atoms in total. The highest BCUT2D eigenvalue weighted by Gasteiger charge is 2.23. The summed E-state index contributed by atoms with van der Waals surface area (Å²) >= 11 is 0. The van der Waals surface area contributed by atoms with Gasteiger partial charge in [-0.25, -0.2) is 0 Å². The topological polar surface area (TPSA) is 96.0 Å². The van der Waals surface area contributed by atoms with Crippen molar-refractivity contribution in [3.63, 3.8) is 0 Å². The van der Waals surface area contributed by atoms with E-state index in [1.165, 1.54) is 128 Å². The summed E-state index contributed by atoms with van der Waals surface area (Å²) in [5.74, 6) is -1.21. The molecular weight excluding hydrogens is 677 g/mol. The van der Waals surface area contributed by atoms with Crippen LogP contribution in [0.5, 0.6) is 0 Å². The molecule has 1 atom stereocenters. The van der Waals surface area contributed by atoms with Gasteiger partial charge >= 0.3 is 17.9 Å². The molecule has 0 saturated carbocycles. The van der Waals surface area contributed by atoms with E-state index in [1.807, 2.05) is 6.92 Å². The van der Waals surface area contributed by atoms with E-state index >= 15 is 0 Å². The molecule has 0 fully saturated rings. The minimum atomic E-state index is -0.802. The molecule has 0 aromatic rings. The number of unbranched alkanes of at least 4 members (excludes halogenated alkanes) is 30. The summed E-state index contributed by atoms with van der Waals surface area (Å²) in [6.07, 6.45) is 40.8. The zero-order chi connectivity index (χ0) is 39.6. The third-order valence-electron chi connectivity index (χ3n) is 10.7. The van der Waals surface area contributed by atoms with Crippen molar-refractivity contribution in [2.75, 3.05) is 13.2 Å². The standard InChI is InChI=1S/C47H88O7/c1-4-6-8-10-12-14-16-18-20-22-26-30-34-38-45(49)52-41-44(54-47(51)43(3)37-33-29-25-24-28-32-36-40-48)42-53-46(50)39-35-31-27-23-21-19-17-15-13-11-9-7-5-2/h40,43-44H,4-39,41-42H2,1-3H3. The van der Waals surface area contributed by atoms with Gasteiger partial charge in [0.15, 0.2) is 6.10 Å². The molecule has 0 aromatic heterocycles. The van der Waals surface area contributed by atoms with E-state index in [4.69, 9.17) is 14.2 Å². The van der Waals surface area contributed by atoms with Crippen LogP contribution in [-0.4, -0.2) is 43.5 Å². The van der Waals surface area contributed by atoms with Gasteiger partial charge in [-0.05, 0) is 25.7 Å². The van der Waals surface area contributed by atoms with Gasteiger partial charge in [-0.3, -0.25) is 14.4 Å². The van der Waals surface area contributed by atoms with Crippen LogP contribution in [0.2, 0.25) is 0 Å². The van der Waals surface area contributed by atoms with E-state index in [9.17, 15) is 19.2 Å². The molecule has 0 aliphatic heterocycles. The average Bonchev–Trinajstić information content (AvgIpc) is 3.17. The Bertz CT molecular complexity index is 798. The summed E-state index contributed by atoms with van der Waals surface area (Å²) in [6.45, 7) is 6.19. The zero-order valence-electron chi connectivity index (χ0n) is 36.0. The molecule has 0 spiro atoms. The lowest BCUT2D eigenvalue weighted by Crippen LogP contribution is -2.32. The summed E-state index contributed by atoms with van der Waals surface area (Å²) < 4.78 is 16.8. The average molecular weight is 765 g/mol. The van der Waals surface area contributed by atoms with Crippen LogP contribution in [0.4, 0.5) is 0 Å². The van der Waals surface area contributed by atoms with Crippen LogP contribution in [0.15, 0.2) is 0 Å². The van der Waals surface area contributed by atoms with Crippen LogP contribution in [0, 0.1) is 5.92 Å². The number of esters is 3. The number of hydrogen-bond acceptors (Lipinski definition) is 7. The normalized spacial score (nSPS) is 11.9. The first kappa shape index (κ1) is 52.1. The van der Waals surface area contributed by atoms with E-state index in [1.54, 1.807) is 0 Å². The van der Waals surface area contributed by atoms with Crippen molar-refractivity contribution in [3.05, 3.63) is 0 Å². The minimum absolute atomic E-state index is 0.0947. The smallest absolute Gasteiger partial charge is 0.309 e. The molecule has 0 radical (unpaired) electrons. The highest BCUT2D eigenvalue weighted by Crippen LogP contribution is 2.17. The van der Waals surface area contributed by atoms with Gasteiger partial charge < -0.3 is 19.0 Å². The second kappa shape index (κ2) is 42.2. The maximum absolute atomic E-state index is 13.0. The monoisotopic (exact) mass is 765 g/mol. The highest BCUT2D eigenvalue weighted by molar-refractivity contribution is 5.72. The first-order valence-corrected chi connectivity index (χ1v) is 23.4. The summed E-state index contributed by atoms with van der Waals surface area (Å²) in [7, 11) is 0. The van der Waals surface area contributed by atoms with Crippen molar-refractivity contribution in [3.8, 4) is 0 Å². The van der Waals surface area contributed by atoms with E-state index < -0.39 is 6.10 Å². The Kier molecular flexibility index (Phi) is 40.7. The lowest BCUT2D eigenvalue weighted by molar-refractivity contribution is -0.169. The SMILES string of the molecule is CCCCCCCCCCCCCCCC(=O)OCC(COC(=O)CCCCCCCCCCCCCCC)OC(=O)C(C)CCCCCCCCC=O. The summed E-state index contributed by atoms with van der Waals surface area (Å²) in [4.78, 5) is 48.5. The molecule has 0 N–H and O–H groups in total. The third kappa shape index (κ3) is 38.4. The van der Waals surface area contributed by atoms with Gasteiger partial charge in [-0.2, -0.15) is 0 Å². The largest absolute Gasteiger partial charge is 0.462 e. The number of carbonyl (C=O) groups excluding carboxylic acids is 4. The van der Waals surface area contributed by atoms with Crippen molar-refractivity contribution >= 4 is 24.2 Å². The van der Waals surface area contributed by atoms with Crippen molar-refractivity contribution in [2.24, 2.45) is 5.92 Å². The predicted octanol–water partition coefficient (Wildman–Crippen LogP) is 13.9. The fourth-order valence-corrected chi connectivity index (χ4v) is 6.99. The van der Waals surface area contributed by atoms with E-state index in [-0.39, 0.29) is 37.0 Å². The molecule has 0 heterocycles. The number of carbonyl (C=O) groups is 4. The number of ether oxygens (including phenoxy) is 3. The van der Waals surface area contributed by atoms with Crippen LogP contribution in [0.1, 0.15) is 252 Å². The van der Waals surface area contributed by atoms with E-state index in [0.29, 0.717) is 19.3 Å². The van der Waals surface area contributed by atoms with Crippen LogP contribution >= 0.6 is 0 Å². The van der Waals surface area contributed by atoms with Crippen molar-refractivity contribution in [1.82, 2.24) is 0 Å². The molecule has 318 valence electrons. The summed E-state index contributed by atoms with van der Waals surface area (Å²) in [5.41, 5.74) is 0. The van der Waals surface area contributed by atoms with Crippen LogP contribution in [0.25, 0.3) is 0 Å². The van der Waals surface area contributed by atoms with Crippen LogP contribution in [-0.2, 0) is 33.4 Å². The van der Waals surface area contributed by atoms with Gasteiger partial charge in [0.25, 0.3) is 0 Å². The Morgan fingerprint density at radius 1 is 0.444 bits per heavy atom. The van der Waals surface area contributed by atoms with Gasteiger partial charge in [-0.1, -0.05) is 207 Å². The lowest BCUT2D eigenvalue weighted by Gasteiger charge is -2.20. The Morgan fingerprint density at radius 3 is 1.11 bits per heavy atom. The molecular formula is C47H88O7. The van der Waals surface area contributed by atoms with E-state index in [0.717, 1.165) is 89.8 Å². The molecule has 0 amide bonds. The molecule has 0 bridgehead atoms. The Balaban J connectivity index is 4.40. The van der Waals surface area contributed by atoms with Crippen molar-refractivity contribution in [2.45, 2.75) is 258 Å². The van der Waals surface area contributed by atoms with Crippen LogP contribution in [0.3, 0.4) is 0 Å². The fraction of sp³-hybridized carbons (Fsp3) is 0.915.